The van der Waals surface area contributed by atoms with E-state index in [0.717, 1.165) is 25.2 Å². The maximum atomic E-state index is 12.3. The first-order chi connectivity index (χ1) is 13.6. The quantitative estimate of drug-likeness (QED) is 0.605. The molecule has 2 amide bonds. The smallest absolute Gasteiger partial charge is 0.253 e. The van der Waals surface area contributed by atoms with Crippen LogP contribution in [0.3, 0.4) is 0 Å². The van der Waals surface area contributed by atoms with Crippen LogP contribution in [0.4, 0.5) is 11.4 Å². The molecule has 1 aromatic rings. The highest BCUT2D eigenvalue weighted by Gasteiger charge is 2.29. The van der Waals surface area contributed by atoms with Crippen molar-refractivity contribution in [3.63, 3.8) is 0 Å². The number of rotatable bonds is 6. The Morgan fingerprint density at radius 3 is 2.07 bits per heavy atom. The zero-order valence-electron chi connectivity index (χ0n) is 17.3. The number of hydrogen-bond donors (Lipinski definition) is 3. The molecule has 2 aliphatic heterocycles. The molecule has 9 heteroatoms. The Balaban J connectivity index is 0.00000225. The number of ether oxygens (including phenoxy) is 1. The van der Waals surface area contributed by atoms with E-state index in [4.69, 9.17) is 10.5 Å². The minimum Gasteiger partial charge on any atom is -0.364 e. The summed E-state index contributed by atoms with van der Waals surface area (Å²) in [5.74, 6) is -0.144. The number of amides is 2. The van der Waals surface area contributed by atoms with Crippen LogP contribution in [0.5, 0.6) is 0 Å². The lowest BCUT2D eigenvalue weighted by molar-refractivity contribution is -0.126. The van der Waals surface area contributed by atoms with Crippen molar-refractivity contribution >= 4 is 48.0 Å². The van der Waals surface area contributed by atoms with Gasteiger partial charge in [0.2, 0.25) is 5.91 Å². The Morgan fingerprint density at radius 2 is 1.50 bits per heavy atom. The average molecular weight is 461 g/mol. The maximum absolute atomic E-state index is 12.3. The van der Waals surface area contributed by atoms with Crippen LogP contribution in [0, 0.1) is 0 Å². The summed E-state index contributed by atoms with van der Waals surface area (Å²) < 4.78 is 5.61. The van der Waals surface area contributed by atoms with Crippen LogP contribution in [-0.4, -0.2) is 55.1 Å². The third kappa shape index (κ3) is 8.40. The lowest BCUT2D eigenvalue weighted by Gasteiger charge is -2.23. The molecule has 4 N–H and O–H groups in total. The molecule has 0 radical (unpaired) electrons. The van der Waals surface area contributed by atoms with Gasteiger partial charge in [-0.05, 0) is 63.0 Å². The van der Waals surface area contributed by atoms with Gasteiger partial charge in [-0.2, -0.15) is 0 Å². The van der Waals surface area contributed by atoms with Crippen LogP contribution >= 0.6 is 24.8 Å². The molecule has 2 aliphatic rings. The molecular formula is C21H34Cl2N4O3. The second-order valence-electron chi connectivity index (χ2n) is 7.72. The summed E-state index contributed by atoms with van der Waals surface area (Å²) in [6.45, 7) is 2.86. The predicted octanol–water partition coefficient (Wildman–Crippen LogP) is 3.18. The van der Waals surface area contributed by atoms with E-state index in [1.807, 2.05) is 0 Å². The SMILES string of the molecule is Cl.Cl.NC[C@H]1CC[C@@H](C(=O)Nc2ccc(NC(=O)CN3CCCCCCC3)cc2)O1. The monoisotopic (exact) mass is 460 g/mol. The van der Waals surface area contributed by atoms with E-state index in [9.17, 15) is 9.59 Å². The highest BCUT2D eigenvalue weighted by atomic mass is 35.5. The van der Waals surface area contributed by atoms with Crippen molar-refractivity contribution in [3.8, 4) is 0 Å². The van der Waals surface area contributed by atoms with Gasteiger partial charge in [0, 0.05) is 17.9 Å². The molecule has 2 heterocycles. The third-order valence-electron chi connectivity index (χ3n) is 5.41. The molecule has 0 aliphatic carbocycles. The number of hydrogen-bond acceptors (Lipinski definition) is 5. The molecule has 0 spiro atoms. The summed E-state index contributed by atoms with van der Waals surface area (Å²) >= 11 is 0. The lowest BCUT2D eigenvalue weighted by atomic mass is 10.1. The Morgan fingerprint density at radius 1 is 0.933 bits per heavy atom. The number of nitrogens with zero attached hydrogens (tertiary/aromatic N) is 1. The first-order valence-corrected chi connectivity index (χ1v) is 10.4. The molecule has 0 bridgehead atoms. The fourth-order valence-electron chi connectivity index (χ4n) is 3.81. The van der Waals surface area contributed by atoms with E-state index in [1.54, 1.807) is 24.3 Å². The number of nitrogens with two attached hydrogens (primary N) is 1. The van der Waals surface area contributed by atoms with E-state index in [0.29, 0.717) is 25.2 Å². The van der Waals surface area contributed by atoms with Crippen molar-refractivity contribution in [3.05, 3.63) is 24.3 Å². The van der Waals surface area contributed by atoms with E-state index in [-0.39, 0.29) is 42.7 Å². The van der Waals surface area contributed by atoms with Gasteiger partial charge in [-0.15, -0.1) is 24.8 Å². The van der Waals surface area contributed by atoms with Crippen LogP contribution in [-0.2, 0) is 14.3 Å². The summed E-state index contributed by atoms with van der Waals surface area (Å²) in [6, 6.07) is 7.19. The van der Waals surface area contributed by atoms with Crippen LogP contribution in [0.25, 0.3) is 0 Å². The Bertz CT molecular complexity index is 652. The van der Waals surface area contributed by atoms with Crippen molar-refractivity contribution in [2.75, 3.05) is 36.8 Å². The van der Waals surface area contributed by atoms with Gasteiger partial charge >= 0.3 is 0 Å². The fourth-order valence-corrected chi connectivity index (χ4v) is 3.81. The number of anilines is 2. The molecule has 170 valence electrons. The zero-order chi connectivity index (χ0) is 19.8. The van der Waals surface area contributed by atoms with Crippen molar-refractivity contribution in [2.24, 2.45) is 5.73 Å². The lowest BCUT2D eigenvalue weighted by Crippen LogP contribution is -2.35. The van der Waals surface area contributed by atoms with Crippen molar-refractivity contribution in [2.45, 2.75) is 57.2 Å². The second-order valence-corrected chi connectivity index (χ2v) is 7.72. The van der Waals surface area contributed by atoms with Crippen molar-refractivity contribution in [1.82, 2.24) is 4.90 Å². The number of benzene rings is 1. The normalized spacial score (nSPS) is 22.0. The largest absolute Gasteiger partial charge is 0.364 e. The molecule has 1 aromatic carbocycles. The highest BCUT2D eigenvalue weighted by molar-refractivity contribution is 5.95. The minimum absolute atomic E-state index is 0. The predicted molar refractivity (Wildman–Crippen MR) is 125 cm³/mol. The number of nitrogens with one attached hydrogen (secondary N) is 2. The average Bonchev–Trinajstić information content (AvgIpc) is 3.15. The first kappa shape index (κ1) is 26.7. The summed E-state index contributed by atoms with van der Waals surface area (Å²) in [5, 5.41) is 5.80. The van der Waals surface area contributed by atoms with Crippen LogP contribution in [0.15, 0.2) is 24.3 Å². The van der Waals surface area contributed by atoms with Crippen LogP contribution < -0.4 is 16.4 Å². The summed E-state index contributed by atoms with van der Waals surface area (Å²) in [4.78, 5) is 26.8. The van der Waals surface area contributed by atoms with Gasteiger partial charge in [0.05, 0.1) is 12.6 Å². The van der Waals surface area contributed by atoms with E-state index in [1.165, 1.54) is 32.1 Å². The Kier molecular flexibility index (Phi) is 12.3. The van der Waals surface area contributed by atoms with Gasteiger partial charge in [0.25, 0.3) is 5.91 Å². The van der Waals surface area contributed by atoms with Crippen LogP contribution in [0.1, 0.15) is 44.9 Å². The Hall–Kier alpha value is -1.38. The summed E-state index contributed by atoms with van der Waals surface area (Å²) in [5.41, 5.74) is 7.00. The van der Waals surface area contributed by atoms with Gasteiger partial charge < -0.3 is 21.1 Å². The molecular weight excluding hydrogens is 427 g/mol. The second kappa shape index (κ2) is 13.8. The molecule has 3 rings (SSSR count). The van der Waals surface area contributed by atoms with E-state index >= 15 is 0 Å². The fraction of sp³-hybridized carbons (Fsp3) is 0.619. The molecule has 2 fully saturated rings. The molecule has 7 nitrogen and oxygen atoms in total. The molecule has 0 saturated carbocycles. The first-order valence-electron chi connectivity index (χ1n) is 10.4. The zero-order valence-corrected chi connectivity index (χ0v) is 18.9. The third-order valence-corrected chi connectivity index (χ3v) is 5.41. The number of likely N-dealkylation sites (tertiary alicyclic amines) is 1. The van der Waals surface area contributed by atoms with Gasteiger partial charge in [-0.25, -0.2) is 0 Å². The topological polar surface area (TPSA) is 96.7 Å². The molecule has 0 unspecified atom stereocenters. The van der Waals surface area contributed by atoms with Crippen molar-refractivity contribution in [1.29, 1.82) is 0 Å². The number of halogens is 2. The Labute approximate surface area is 191 Å². The van der Waals surface area contributed by atoms with Crippen LogP contribution in [0.2, 0.25) is 0 Å². The molecule has 2 atom stereocenters. The van der Waals surface area contributed by atoms with Crippen molar-refractivity contribution < 1.29 is 14.3 Å². The highest BCUT2D eigenvalue weighted by Crippen LogP contribution is 2.21. The minimum atomic E-state index is -0.439. The van der Waals surface area contributed by atoms with E-state index in [2.05, 4.69) is 15.5 Å². The maximum Gasteiger partial charge on any atom is 0.253 e. The van der Waals surface area contributed by atoms with Gasteiger partial charge in [0.1, 0.15) is 6.10 Å². The van der Waals surface area contributed by atoms with Gasteiger partial charge in [-0.1, -0.05) is 19.3 Å². The molecule has 2 saturated heterocycles. The van der Waals surface area contributed by atoms with Gasteiger partial charge in [-0.3, -0.25) is 14.5 Å². The summed E-state index contributed by atoms with van der Waals surface area (Å²) in [6.07, 6.45) is 7.19. The standard InChI is InChI=1S/C21H32N4O3.2ClH/c22-14-18-10-11-19(28-18)21(27)24-17-8-6-16(7-9-17)23-20(26)15-25-12-4-2-1-3-5-13-25;;/h6-9,18-19H,1-5,10-15,22H2,(H,23,26)(H,24,27);2*1H/t18-,19+;;/m1../s1. The number of carbonyl (C=O) groups is 2. The molecule has 30 heavy (non-hydrogen) atoms. The number of carbonyl (C=O) groups excluding carboxylic acids is 2. The van der Waals surface area contributed by atoms with Gasteiger partial charge in [0.15, 0.2) is 0 Å². The van der Waals surface area contributed by atoms with E-state index < -0.39 is 6.10 Å². The summed E-state index contributed by atoms with van der Waals surface area (Å²) in [7, 11) is 0. The molecule has 0 aromatic heterocycles.